The maximum absolute atomic E-state index is 13.0. The van der Waals surface area contributed by atoms with E-state index in [1.165, 1.54) is 6.42 Å². The highest BCUT2D eigenvalue weighted by Gasteiger charge is 2.86. The Morgan fingerprint density at radius 2 is 1.97 bits per heavy atom. The lowest BCUT2D eigenvalue weighted by Gasteiger charge is -2.52. The van der Waals surface area contributed by atoms with Gasteiger partial charge in [0, 0.05) is 31.1 Å². The normalized spacial score (nSPS) is 39.6. The van der Waals surface area contributed by atoms with Gasteiger partial charge in [0.2, 0.25) is 0 Å². The minimum absolute atomic E-state index is 0.0727. The van der Waals surface area contributed by atoms with Gasteiger partial charge in [-0.05, 0) is 53.1 Å². The molecular formula is C23H27F3N2O. The summed E-state index contributed by atoms with van der Waals surface area (Å²) in [5.74, 6) is 1.13. The molecule has 2 amide bonds. The van der Waals surface area contributed by atoms with Crippen LogP contribution in [0.25, 0.3) is 0 Å². The average Bonchev–Trinajstić information content (AvgIpc) is 2.94. The summed E-state index contributed by atoms with van der Waals surface area (Å²) in [5, 5.41) is 3.23. The number of amides is 2. The van der Waals surface area contributed by atoms with Gasteiger partial charge in [0.1, 0.15) is 0 Å². The number of carbonyl (C=O) groups excluding carboxylic acids is 1. The van der Waals surface area contributed by atoms with Crippen LogP contribution in [0, 0.1) is 22.7 Å². The number of hydrogen-bond donors (Lipinski definition) is 1. The molecule has 3 saturated carbocycles. The van der Waals surface area contributed by atoms with Gasteiger partial charge in [-0.3, -0.25) is 0 Å². The number of alkyl halides is 3. The van der Waals surface area contributed by atoms with Gasteiger partial charge < -0.3 is 10.2 Å². The van der Waals surface area contributed by atoms with Gasteiger partial charge >= 0.3 is 12.2 Å². The smallest absolute Gasteiger partial charge is 0.334 e. The molecule has 1 heterocycles. The lowest BCUT2D eigenvalue weighted by atomic mass is 9.57. The van der Waals surface area contributed by atoms with E-state index in [1.807, 2.05) is 30.3 Å². The average molecular weight is 404 g/mol. The number of urea groups is 1. The number of nitrogens with one attached hydrogen (secondary N) is 1. The van der Waals surface area contributed by atoms with Crippen LogP contribution in [0.4, 0.5) is 18.0 Å². The Balaban J connectivity index is 1.31. The third-order valence-electron chi connectivity index (χ3n) is 8.63. The molecule has 6 atom stereocenters. The number of halogens is 3. The molecule has 3 aliphatic carbocycles. The molecule has 0 aromatic heterocycles. The lowest BCUT2D eigenvalue weighted by Crippen LogP contribution is -2.61. The number of carbonyl (C=O) groups is 1. The number of rotatable bonds is 4. The van der Waals surface area contributed by atoms with Crippen molar-refractivity contribution in [2.24, 2.45) is 22.7 Å². The fourth-order valence-electron chi connectivity index (χ4n) is 6.81. The van der Waals surface area contributed by atoms with Crippen molar-refractivity contribution < 1.29 is 18.0 Å². The molecule has 1 aromatic carbocycles. The largest absolute Gasteiger partial charge is 0.389 e. The summed E-state index contributed by atoms with van der Waals surface area (Å²) >= 11 is 0. The van der Waals surface area contributed by atoms with E-state index in [-0.39, 0.29) is 29.8 Å². The molecule has 1 aliphatic heterocycles. The summed E-state index contributed by atoms with van der Waals surface area (Å²) in [6.45, 7) is 5.02. The van der Waals surface area contributed by atoms with E-state index in [0.29, 0.717) is 23.5 Å². The highest BCUT2D eigenvalue weighted by atomic mass is 19.4. The van der Waals surface area contributed by atoms with Crippen LogP contribution in [-0.2, 0) is 0 Å². The summed E-state index contributed by atoms with van der Waals surface area (Å²) in [6, 6.07) is 9.55. The van der Waals surface area contributed by atoms with Gasteiger partial charge in [0.25, 0.3) is 0 Å². The molecule has 3 nitrogen and oxygen atoms in total. The monoisotopic (exact) mass is 404 g/mol. The molecular weight excluding hydrogens is 377 g/mol. The highest BCUT2D eigenvalue weighted by molar-refractivity contribution is 5.77. The Morgan fingerprint density at radius 1 is 1.24 bits per heavy atom. The van der Waals surface area contributed by atoms with Crippen LogP contribution in [0.5, 0.6) is 0 Å². The first kappa shape index (κ1) is 19.0. The predicted octanol–water partition coefficient (Wildman–Crippen LogP) is 5.46. The first-order valence-corrected chi connectivity index (χ1v) is 10.5. The van der Waals surface area contributed by atoms with Crippen LogP contribution in [0.1, 0.15) is 51.0 Å². The number of hydrogen-bond acceptors (Lipinski definition) is 1. The maximum atomic E-state index is 13.0. The molecule has 1 N–H and O–H groups in total. The number of benzene rings is 1. The zero-order chi connectivity index (χ0) is 20.6. The molecule has 0 radical (unpaired) electrons. The minimum Gasteiger partial charge on any atom is -0.334 e. The van der Waals surface area contributed by atoms with Crippen molar-refractivity contribution in [2.75, 3.05) is 6.54 Å². The Bertz CT molecular complexity index is 867. The van der Waals surface area contributed by atoms with E-state index in [0.717, 1.165) is 17.9 Å². The van der Waals surface area contributed by atoms with E-state index in [2.05, 4.69) is 19.2 Å². The molecule has 6 heteroatoms. The molecule has 3 fully saturated rings. The molecule has 0 bridgehead atoms. The van der Waals surface area contributed by atoms with Gasteiger partial charge in [-0.25, -0.2) is 4.79 Å². The standard InChI is InChI=1S/C23H27F3N2O/c1-21-10-9-17-18(22(17,21)2)19(21)27-20(29)28-12-15(8-11-23(24,25)26)16(13-28)14-6-4-3-5-7-14/h3-7,12,16-19H,8-11,13H2,1-2H3,(H,27,29). The molecule has 4 aliphatic rings. The SMILES string of the molecule is CC12CCC3C(C1NC(=O)N1C=C(CCC(F)(F)F)C(c4ccccc4)C1)C32C. The molecule has 6 unspecified atom stereocenters. The quantitative estimate of drug-likeness (QED) is 0.710. The van der Waals surface area contributed by atoms with Crippen molar-refractivity contribution in [3.05, 3.63) is 47.7 Å². The van der Waals surface area contributed by atoms with Gasteiger partial charge in [-0.15, -0.1) is 0 Å². The number of nitrogens with zero attached hydrogens (tertiary/aromatic N) is 1. The fraction of sp³-hybridized carbons (Fsp3) is 0.609. The van der Waals surface area contributed by atoms with E-state index in [9.17, 15) is 18.0 Å². The van der Waals surface area contributed by atoms with Crippen LogP contribution in [-0.4, -0.2) is 29.7 Å². The van der Waals surface area contributed by atoms with Gasteiger partial charge in [-0.2, -0.15) is 13.2 Å². The van der Waals surface area contributed by atoms with Crippen molar-refractivity contribution in [1.82, 2.24) is 10.2 Å². The third-order valence-corrected chi connectivity index (χ3v) is 8.63. The predicted molar refractivity (Wildman–Crippen MR) is 104 cm³/mol. The van der Waals surface area contributed by atoms with Gasteiger partial charge in [0.05, 0.1) is 0 Å². The summed E-state index contributed by atoms with van der Waals surface area (Å²) in [7, 11) is 0. The van der Waals surface area contributed by atoms with E-state index in [4.69, 9.17) is 0 Å². The topological polar surface area (TPSA) is 32.3 Å². The Labute approximate surface area is 169 Å². The van der Waals surface area contributed by atoms with E-state index < -0.39 is 12.6 Å². The summed E-state index contributed by atoms with van der Waals surface area (Å²) < 4.78 is 38.4. The van der Waals surface area contributed by atoms with Crippen LogP contribution >= 0.6 is 0 Å². The lowest BCUT2D eigenvalue weighted by molar-refractivity contribution is -0.134. The van der Waals surface area contributed by atoms with E-state index >= 15 is 0 Å². The van der Waals surface area contributed by atoms with Crippen LogP contribution in [0.3, 0.4) is 0 Å². The number of fused-ring (bicyclic) bond motifs is 1. The van der Waals surface area contributed by atoms with Gasteiger partial charge in [0.15, 0.2) is 0 Å². The van der Waals surface area contributed by atoms with E-state index in [1.54, 1.807) is 11.1 Å². The molecule has 29 heavy (non-hydrogen) atoms. The van der Waals surface area contributed by atoms with Crippen molar-refractivity contribution in [3.63, 3.8) is 0 Å². The second-order valence-corrected chi connectivity index (χ2v) is 9.73. The molecule has 0 spiro atoms. The summed E-state index contributed by atoms with van der Waals surface area (Å²) in [6.07, 6.45) is -1.07. The maximum Gasteiger partial charge on any atom is 0.389 e. The Kier molecular flexibility index (Phi) is 3.95. The van der Waals surface area contributed by atoms with Crippen LogP contribution in [0.2, 0.25) is 0 Å². The molecule has 1 aromatic rings. The summed E-state index contributed by atoms with van der Waals surface area (Å²) in [4.78, 5) is 14.6. The third kappa shape index (κ3) is 2.67. The molecule has 0 saturated heterocycles. The highest BCUT2D eigenvalue weighted by Crippen LogP contribution is 2.87. The van der Waals surface area contributed by atoms with Crippen molar-refractivity contribution in [3.8, 4) is 0 Å². The zero-order valence-electron chi connectivity index (χ0n) is 16.8. The van der Waals surface area contributed by atoms with Gasteiger partial charge in [-0.1, -0.05) is 44.2 Å². The Hall–Kier alpha value is -1.98. The van der Waals surface area contributed by atoms with Crippen molar-refractivity contribution in [1.29, 1.82) is 0 Å². The van der Waals surface area contributed by atoms with Crippen molar-refractivity contribution in [2.45, 2.75) is 57.7 Å². The molecule has 156 valence electrons. The Morgan fingerprint density at radius 3 is 2.55 bits per heavy atom. The molecule has 5 rings (SSSR count). The van der Waals surface area contributed by atoms with Crippen LogP contribution < -0.4 is 5.32 Å². The first-order valence-electron chi connectivity index (χ1n) is 10.5. The second kappa shape index (κ2) is 6.02. The summed E-state index contributed by atoms with van der Waals surface area (Å²) in [5.41, 5.74) is 2.19. The van der Waals surface area contributed by atoms with Crippen molar-refractivity contribution >= 4 is 6.03 Å². The minimum atomic E-state index is -4.20. The van der Waals surface area contributed by atoms with Crippen LogP contribution in [0.15, 0.2) is 42.1 Å². The second-order valence-electron chi connectivity index (χ2n) is 9.73. The fourth-order valence-corrected chi connectivity index (χ4v) is 6.81. The first-order chi connectivity index (χ1) is 13.6. The zero-order valence-corrected chi connectivity index (χ0v) is 16.8.